The first-order chi connectivity index (χ1) is 6.00. The van der Waals surface area contributed by atoms with E-state index in [1.165, 1.54) is 6.08 Å². The Balaban J connectivity index is 4.89. The zero-order valence-corrected chi connectivity index (χ0v) is 7.87. The fourth-order valence-electron chi connectivity index (χ4n) is 0.683. The van der Waals surface area contributed by atoms with Crippen molar-refractivity contribution in [3.05, 3.63) is 36.0 Å². The SMILES string of the molecule is C=CCC=C(F)C(C(=O)Cl)=C(C)F. The molecule has 0 radical (unpaired) electrons. The molecule has 0 aromatic carbocycles. The van der Waals surface area contributed by atoms with Gasteiger partial charge in [-0.15, -0.1) is 6.58 Å². The number of carbonyl (C=O) groups is 1. The van der Waals surface area contributed by atoms with Crippen LogP contribution in [0.4, 0.5) is 8.78 Å². The van der Waals surface area contributed by atoms with Crippen molar-refractivity contribution in [2.45, 2.75) is 13.3 Å². The lowest BCUT2D eigenvalue weighted by Gasteiger charge is -1.98. The van der Waals surface area contributed by atoms with Crippen molar-refractivity contribution in [2.75, 3.05) is 0 Å². The fourth-order valence-corrected chi connectivity index (χ4v) is 0.903. The maximum Gasteiger partial charge on any atom is 0.257 e. The minimum atomic E-state index is -1.14. The van der Waals surface area contributed by atoms with Crippen LogP contribution in [0.3, 0.4) is 0 Å². The van der Waals surface area contributed by atoms with Crippen molar-refractivity contribution in [1.29, 1.82) is 0 Å². The lowest BCUT2D eigenvalue weighted by Crippen LogP contribution is -1.96. The van der Waals surface area contributed by atoms with Gasteiger partial charge in [0.2, 0.25) is 0 Å². The number of hydrogen-bond donors (Lipinski definition) is 0. The third-order valence-corrected chi connectivity index (χ3v) is 1.43. The Bertz CT molecular complexity index is 275. The van der Waals surface area contributed by atoms with E-state index in [9.17, 15) is 13.6 Å². The van der Waals surface area contributed by atoms with Gasteiger partial charge in [0.1, 0.15) is 17.2 Å². The molecule has 0 saturated carbocycles. The van der Waals surface area contributed by atoms with Crippen LogP contribution in [0.1, 0.15) is 13.3 Å². The highest BCUT2D eigenvalue weighted by Gasteiger charge is 2.15. The lowest BCUT2D eigenvalue weighted by atomic mass is 10.2. The maximum atomic E-state index is 13.0. The van der Waals surface area contributed by atoms with E-state index in [-0.39, 0.29) is 6.42 Å². The van der Waals surface area contributed by atoms with E-state index < -0.39 is 22.5 Å². The predicted molar refractivity (Wildman–Crippen MR) is 48.7 cm³/mol. The van der Waals surface area contributed by atoms with Crippen LogP contribution < -0.4 is 0 Å². The molecule has 0 bridgehead atoms. The highest BCUT2D eigenvalue weighted by atomic mass is 35.5. The average Bonchev–Trinajstić information content (AvgIpc) is 1.99. The van der Waals surface area contributed by atoms with Crippen molar-refractivity contribution in [3.8, 4) is 0 Å². The van der Waals surface area contributed by atoms with Crippen LogP contribution in [0.2, 0.25) is 0 Å². The Hall–Kier alpha value is -0.960. The maximum absolute atomic E-state index is 13.0. The van der Waals surface area contributed by atoms with Crippen molar-refractivity contribution in [3.63, 3.8) is 0 Å². The van der Waals surface area contributed by atoms with Gasteiger partial charge in [-0.2, -0.15) is 0 Å². The summed E-state index contributed by atoms with van der Waals surface area (Å²) in [5.41, 5.74) is -0.719. The number of halogens is 3. The van der Waals surface area contributed by atoms with Crippen LogP contribution in [0, 0.1) is 0 Å². The van der Waals surface area contributed by atoms with Crippen LogP contribution in [-0.2, 0) is 4.79 Å². The Labute approximate surface area is 80.4 Å². The second-order valence-electron chi connectivity index (χ2n) is 2.26. The van der Waals surface area contributed by atoms with Crippen LogP contribution >= 0.6 is 11.6 Å². The van der Waals surface area contributed by atoms with E-state index in [0.29, 0.717) is 0 Å². The zero-order chi connectivity index (χ0) is 10.4. The number of hydrogen-bond acceptors (Lipinski definition) is 1. The molecule has 1 nitrogen and oxygen atoms in total. The average molecular weight is 207 g/mol. The Morgan fingerprint density at radius 2 is 2.08 bits per heavy atom. The van der Waals surface area contributed by atoms with Gasteiger partial charge in [0.25, 0.3) is 5.24 Å². The number of rotatable bonds is 4. The second kappa shape index (κ2) is 5.65. The van der Waals surface area contributed by atoms with E-state index in [1.807, 2.05) is 0 Å². The molecule has 72 valence electrons. The van der Waals surface area contributed by atoms with Gasteiger partial charge < -0.3 is 0 Å². The topological polar surface area (TPSA) is 17.1 Å². The third kappa shape index (κ3) is 3.99. The van der Waals surface area contributed by atoms with Crippen molar-refractivity contribution >= 4 is 16.8 Å². The van der Waals surface area contributed by atoms with E-state index in [2.05, 4.69) is 6.58 Å². The summed E-state index contributed by atoms with van der Waals surface area (Å²) >= 11 is 4.97. The standard InChI is InChI=1S/C9H9ClF2O/c1-3-4-5-7(12)8(6(2)11)9(10)13/h3,5H,1,4H2,2H3. The molecule has 0 aliphatic heterocycles. The highest BCUT2D eigenvalue weighted by Crippen LogP contribution is 2.20. The van der Waals surface area contributed by atoms with Crippen molar-refractivity contribution in [2.24, 2.45) is 0 Å². The van der Waals surface area contributed by atoms with E-state index in [1.54, 1.807) is 0 Å². The Morgan fingerprint density at radius 1 is 1.54 bits per heavy atom. The molecule has 0 aliphatic carbocycles. The van der Waals surface area contributed by atoms with Crippen LogP contribution in [0.15, 0.2) is 36.0 Å². The first kappa shape index (κ1) is 12.0. The summed E-state index contributed by atoms with van der Waals surface area (Å²) in [5.74, 6) is -1.89. The van der Waals surface area contributed by atoms with E-state index in [0.717, 1.165) is 13.0 Å². The summed E-state index contributed by atoms with van der Waals surface area (Å²) in [6, 6.07) is 0. The van der Waals surface area contributed by atoms with Gasteiger partial charge in [0.05, 0.1) is 0 Å². The first-order valence-electron chi connectivity index (χ1n) is 3.53. The Kier molecular flexibility index (Phi) is 5.23. The molecule has 13 heavy (non-hydrogen) atoms. The summed E-state index contributed by atoms with van der Waals surface area (Å²) < 4.78 is 25.5. The van der Waals surface area contributed by atoms with Gasteiger partial charge in [-0.1, -0.05) is 6.08 Å². The van der Waals surface area contributed by atoms with E-state index in [4.69, 9.17) is 11.6 Å². The van der Waals surface area contributed by atoms with Crippen molar-refractivity contribution < 1.29 is 13.6 Å². The summed E-state index contributed by atoms with van der Waals surface area (Å²) in [7, 11) is 0. The third-order valence-electron chi connectivity index (χ3n) is 1.24. The molecule has 0 aromatic heterocycles. The van der Waals surface area contributed by atoms with Crippen molar-refractivity contribution in [1.82, 2.24) is 0 Å². The molecule has 0 unspecified atom stereocenters. The quantitative estimate of drug-likeness (QED) is 0.298. The minimum Gasteiger partial charge on any atom is -0.275 e. The summed E-state index contributed by atoms with van der Waals surface area (Å²) in [5, 5.41) is -1.14. The van der Waals surface area contributed by atoms with Crippen LogP contribution in [0.5, 0.6) is 0 Å². The number of carbonyl (C=O) groups excluding carboxylic acids is 1. The molecule has 0 atom stereocenters. The molecule has 4 heteroatoms. The molecular formula is C9H9ClF2O. The van der Waals surface area contributed by atoms with Gasteiger partial charge in [-0.3, -0.25) is 4.79 Å². The normalized spacial score (nSPS) is 13.7. The minimum absolute atomic E-state index is 0.215. The van der Waals surface area contributed by atoms with Crippen LogP contribution in [0.25, 0.3) is 0 Å². The molecule has 0 fully saturated rings. The fraction of sp³-hybridized carbons (Fsp3) is 0.222. The molecule has 0 heterocycles. The van der Waals surface area contributed by atoms with Gasteiger partial charge >= 0.3 is 0 Å². The molecule has 0 saturated heterocycles. The number of allylic oxidation sites excluding steroid dienone is 5. The summed E-state index contributed by atoms with van der Waals surface area (Å²) in [6.07, 6.45) is 2.67. The largest absolute Gasteiger partial charge is 0.275 e. The van der Waals surface area contributed by atoms with Crippen LogP contribution in [-0.4, -0.2) is 5.24 Å². The molecule has 0 aliphatic rings. The molecule has 0 N–H and O–H groups in total. The van der Waals surface area contributed by atoms with Gasteiger partial charge in [-0.25, -0.2) is 8.78 Å². The monoisotopic (exact) mass is 206 g/mol. The second-order valence-corrected chi connectivity index (χ2v) is 2.60. The lowest BCUT2D eigenvalue weighted by molar-refractivity contribution is -0.108. The van der Waals surface area contributed by atoms with Gasteiger partial charge in [0.15, 0.2) is 0 Å². The first-order valence-corrected chi connectivity index (χ1v) is 3.91. The Morgan fingerprint density at radius 3 is 2.38 bits per heavy atom. The molecular weight excluding hydrogens is 198 g/mol. The zero-order valence-electron chi connectivity index (χ0n) is 7.11. The molecule has 0 aromatic rings. The van der Waals surface area contributed by atoms with Gasteiger partial charge in [-0.05, 0) is 31.0 Å². The summed E-state index contributed by atoms with van der Waals surface area (Å²) in [4.78, 5) is 10.6. The van der Waals surface area contributed by atoms with E-state index >= 15 is 0 Å². The molecule has 0 amide bonds. The summed E-state index contributed by atoms with van der Waals surface area (Å²) in [6.45, 7) is 4.31. The highest BCUT2D eigenvalue weighted by molar-refractivity contribution is 6.68. The molecule has 0 spiro atoms. The smallest absolute Gasteiger partial charge is 0.257 e. The predicted octanol–water partition coefficient (Wildman–Crippen LogP) is 3.42. The van der Waals surface area contributed by atoms with Gasteiger partial charge in [0, 0.05) is 0 Å². The molecule has 0 rings (SSSR count).